The van der Waals surface area contributed by atoms with E-state index in [-0.39, 0.29) is 22.7 Å². The number of Topliss-reactive ketones (excluding diaryl/α,β-unsaturated/α-hetero) is 1. The first-order valence-electron chi connectivity index (χ1n) is 9.11. The van der Waals surface area contributed by atoms with Crippen LogP contribution < -0.4 is 0 Å². The average molecular weight is 318 g/mol. The first kappa shape index (κ1) is 15.6. The third-order valence-corrected chi connectivity index (χ3v) is 7.26. The van der Waals surface area contributed by atoms with Crippen LogP contribution in [-0.2, 0) is 4.79 Å². The minimum Gasteiger partial charge on any atom is -0.299 e. The van der Waals surface area contributed by atoms with Gasteiger partial charge in [0.05, 0.1) is 0 Å². The van der Waals surface area contributed by atoms with Crippen LogP contribution in [0.5, 0.6) is 0 Å². The standard InChI is InChI=1S/C23H26O/c1-22(2)18-14-15-23(22,3)21(24)20(18)19(16-10-6-4-7-11-16)17-12-8-5-9-13-17/h4-13,18-20H,14-15H2,1-3H3. The number of carbonyl (C=O) groups is 1. The molecule has 2 saturated carbocycles. The molecular weight excluding hydrogens is 292 g/mol. The van der Waals surface area contributed by atoms with Crippen LogP contribution in [0.25, 0.3) is 0 Å². The molecule has 2 bridgehead atoms. The van der Waals surface area contributed by atoms with Crippen molar-refractivity contribution in [2.45, 2.75) is 39.5 Å². The molecule has 2 aliphatic rings. The maximum atomic E-state index is 13.5. The molecule has 2 aromatic carbocycles. The first-order chi connectivity index (χ1) is 11.5. The molecule has 0 aliphatic heterocycles. The molecular formula is C23H26O. The Hall–Kier alpha value is -1.89. The average Bonchev–Trinajstić information content (AvgIpc) is 2.91. The largest absolute Gasteiger partial charge is 0.299 e. The van der Waals surface area contributed by atoms with Crippen molar-refractivity contribution in [2.75, 3.05) is 0 Å². The summed E-state index contributed by atoms with van der Waals surface area (Å²) in [5, 5.41) is 0. The third kappa shape index (κ3) is 1.97. The van der Waals surface area contributed by atoms with Crippen LogP contribution in [0.1, 0.15) is 50.7 Å². The number of ketones is 1. The fourth-order valence-corrected chi connectivity index (χ4v) is 5.47. The van der Waals surface area contributed by atoms with E-state index >= 15 is 0 Å². The smallest absolute Gasteiger partial charge is 0.143 e. The van der Waals surface area contributed by atoms with Gasteiger partial charge in [-0.05, 0) is 35.3 Å². The number of benzene rings is 2. The molecule has 2 fully saturated rings. The Labute approximate surface area is 145 Å². The molecule has 0 aromatic heterocycles. The molecule has 124 valence electrons. The zero-order valence-corrected chi connectivity index (χ0v) is 14.8. The van der Waals surface area contributed by atoms with Gasteiger partial charge in [-0.2, -0.15) is 0 Å². The van der Waals surface area contributed by atoms with Gasteiger partial charge in [-0.25, -0.2) is 0 Å². The number of hydrogen-bond donors (Lipinski definition) is 0. The Bertz CT molecular complexity index is 707. The molecule has 24 heavy (non-hydrogen) atoms. The van der Waals surface area contributed by atoms with Crippen molar-refractivity contribution in [3.63, 3.8) is 0 Å². The molecule has 2 aromatic rings. The first-order valence-corrected chi connectivity index (χ1v) is 9.11. The lowest BCUT2D eigenvalue weighted by molar-refractivity contribution is -0.132. The lowest BCUT2D eigenvalue weighted by Crippen LogP contribution is -2.35. The van der Waals surface area contributed by atoms with Gasteiger partial charge < -0.3 is 0 Å². The molecule has 3 unspecified atom stereocenters. The van der Waals surface area contributed by atoms with Crippen molar-refractivity contribution in [1.29, 1.82) is 0 Å². The van der Waals surface area contributed by atoms with Crippen molar-refractivity contribution >= 4 is 5.78 Å². The maximum Gasteiger partial charge on any atom is 0.143 e. The Morgan fingerprint density at radius 2 is 1.38 bits per heavy atom. The Morgan fingerprint density at radius 1 is 0.875 bits per heavy atom. The van der Waals surface area contributed by atoms with Crippen LogP contribution in [0.3, 0.4) is 0 Å². The molecule has 0 saturated heterocycles. The summed E-state index contributed by atoms with van der Waals surface area (Å²) < 4.78 is 0. The zero-order chi connectivity index (χ0) is 16.9. The van der Waals surface area contributed by atoms with E-state index < -0.39 is 0 Å². The summed E-state index contributed by atoms with van der Waals surface area (Å²) in [6.07, 6.45) is 2.23. The molecule has 0 heterocycles. The van der Waals surface area contributed by atoms with Crippen molar-refractivity contribution < 1.29 is 4.79 Å². The molecule has 0 spiro atoms. The Morgan fingerprint density at radius 3 is 1.79 bits per heavy atom. The van der Waals surface area contributed by atoms with Crippen molar-refractivity contribution in [1.82, 2.24) is 0 Å². The predicted molar refractivity (Wildman–Crippen MR) is 97.8 cm³/mol. The van der Waals surface area contributed by atoms with E-state index in [9.17, 15) is 4.79 Å². The minimum atomic E-state index is -0.163. The van der Waals surface area contributed by atoms with E-state index in [0.29, 0.717) is 11.7 Å². The molecule has 0 N–H and O–H groups in total. The Kier molecular flexibility index (Phi) is 3.46. The highest BCUT2D eigenvalue weighted by Crippen LogP contribution is 2.68. The quantitative estimate of drug-likeness (QED) is 0.734. The van der Waals surface area contributed by atoms with Crippen LogP contribution >= 0.6 is 0 Å². The summed E-state index contributed by atoms with van der Waals surface area (Å²) in [5.41, 5.74) is 2.48. The maximum absolute atomic E-state index is 13.5. The summed E-state index contributed by atoms with van der Waals surface area (Å²) in [4.78, 5) is 13.5. The molecule has 2 aliphatic carbocycles. The van der Waals surface area contributed by atoms with Crippen LogP contribution in [0, 0.1) is 22.7 Å². The van der Waals surface area contributed by atoms with Crippen LogP contribution in [0.2, 0.25) is 0 Å². The van der Waals surface area contributed by atoms with Gasteiger partial charge in [0.25, 0.3) is 0 Å². The summed E-state index contributed by atoms with van der Waals surface area (Å²) >= 11 is 0. The van der Waals surface area contributed by atoms with Crippen molar-refractivity contribution in [2.24, 2.45) is 22.7 Å². The van der Waals surface area contributed by atoms with Gasteiger partial charge in [0.2, 0.25) is 0 Å². The summed E-state index contributed by atoms with van der Waals surface area (Å²) in [6.45, 7) is 6.84. The van der Waals surface area contributed by atoms with E-state index in [2.05, 4.69) is 81.4 Å². The van der Waals surface area contributed by atoms with E-state index in [1.54, 1.807) is 0 Å². The zero-order valence-electron chi connectivity index (χ0n) is 14.8. The molecule has 0 radical (unpaired) electrons. The lowest BCUT2D eigenvalue weighted by atomic mass is 9.70. The normalized spacial score (nSPS) is 30.9. The van der Waals surface area contributed by atoms with Gasteiger partial charge in [0.15, 0.2) is 0 Å². The fourth-order valence-electron chi connectivity index (χ4n) is 5.47. The van der Waals surface area contributed by atoms with Crippen LogP contribution in [-0.4, -0.2) is 5.78 Å². The molecule has 1 nitrogen and oxygen atoms in total. The summed E-state index contributed by atoms with van der Waals surface area (Å²) in [7, 11) is 0. The van der Waals surface area contributed by atoms with E-state index in [1.165, 1.54) is 17.5 Å². The molecule has 0 amide bonds. The molecule has 3 atom stereocenters. The van der Waals surface area contributed by atoms with Crippen LogP contribution in [0.4, 0.5) is 0 Å². The Balaban J connectivity index is 1.86. The molecule has 4 rings (SSSR count). The van der Waals surface area contributed by atoms with Crippen molar-refractivity contribution in [3.05, 3.63) is 71.8 Å². The van der Waals surface area contributed by atoms with Gasteiger partial charge in [-0.15, -0.1) is 0 Å². The second-order valence-electron chi connectivity index (χ2n) is 8.39. The number of hydrogen-bond acceptors (Lipinski definition) is 1. The van der Waals surface area contributed by atoms with E-state index in [4.69, 9.17) is 0 Å². The van der Waals surface area contributed by atoms with Gasteiger partial charge in [-0.1, -0.05) is 81.4 Å². The van der Waals surface area contributed by atoms with E-state index in [0.717, 1.165) is 6.42 Å². The topological polar surface area (TPSA) is 17.1 Å². The van der Waals surface area contributed by atoms with Crippen molar-refractivity contribution in [3.8, 4) is 0 Å². The summed E-state index contributed by atoms with van der Waals surface area (Å²) in [6, 6.07) is 21.2. The lowest BCUT2D eigenvalue weighted by Gasteiger charge is -2.32. The highest BCUT2D eigenvalue weighted by Gasteiger charge is 2.67. The number of rotatable bonds is 3. The van der Waals surface area contributed by atoms with Crippen LogP contribution in [0.15, 0.2) is 60.7 Å². The molecule has 1 heteroatoms. The van der Waals surface area contributed by atoms with Gasteiger partial charge >= 0.3 is 0 Å². The van der Waals surface area contributed by atoms with Gasteiger partial charge in [0.1, 0.15) is 5.78 Å². The fraction of sp³-hybridized carbons (Fsp3) is 0.435. The third-order valence-electron chi connectivity index (χ3n) is 7.26. The summed E-state index contributed by atoms with van der Waals surface area (Å²) in [5.74, 6) is 1.23. The second kappa shape index (κ2) is 5.31. The number of fused-ring (bicyclic) bond motifs is 2. The highest BCUT2D eigenvalue weighted by molar-refractivity contribution is 5.93. The monoisotopic (exact) mass is 318 g/mol. The van der Waals surface area contributed by atoms with Gasteiger partial charge in [-0.3, -0.25) is 4.79 Å². The van der Waals surface area contributed by atoms with Gasteiger partial charge in [0, 0.05) is 17.3 Å². The predicted octanol–water partition coefficient (Wildman–Crippen LogP) is 5.46. The highest BCUT2D eigenvalue weighted by atomic mass is 16.1. The number of carbonyl (C=O) groups excluding carboxylic acids is 1. The second-order valence-corrected chi connectivity index (χ2v) is 8.39. The van der Waals surface area contributed by atoms with E-state index in [1.807, 2.05) is 0 Å². The SMILES string of the molecule is CC12CCC(C(C(c3ccccc3)c3ccccc3)C1=O)C2(C)C. The minimum absolute atomic E-state index is 0.0938.